The normalized spacial score (nSPS) is 16.6. The molecule has 0 unspecified atom stereocenters. The zero-order chi connectivity index (χ0) is 18.8. The molecule has 0 aromatic heterocycles. The first kappa shape index (κ1) is 26.0. The van der Waals surface area contributed by atoms with Crippen LogP contribution in [0.2, 0.25) is 0 Å². The molecule has 0 radical (unpaired) electrons. The first-order chi connectivity index (χ1) is 11.6. The SMILES string of the molecule is CC(C)(C)c1cc([C@H](CC#N)N2CCNCC2)c(O)c(C(C)(C)C)c1.Cl.Cl. The molecule has 6 heteroatoms. The van der Waals surface area contributed by atoms with E-state index in [0.29, 0.717) is 12.2 Å². The van der Waals surface area contributed by atoms with Crippen LogP contribution in [-0.4, -0.2) is 36.2 Å². The third-order valence-corrected chi connectivity index (χ3v) is 5.05. The van der Waals surface area contributed by atoms with Crippen LogP contribution in [0.15, 0.2) is 12.1 Å². The Labute approximate surface area is 177 Å². The Morgan fingerprint density at radius 1 is 1.07 bits per heavy atom. The van der Waals surface area contributed by atoms with Gasteiger partial charge in [-0.05, 0) is 28.0 Å². The van der Waals surface area contributed by atoms with Gasteiger partial charge in [0.2, 0.25) is 0 Å². The molecule has 1 atom stereocenters. The molecule has 2 rings (SSSR count). The monoisotopic (exact) mass is 415 g/mol. The zero-order valence-corrected chi connectivity index (χ0v) is 19.1. The van der Waals surface area contributed by atoms with Gasteiger partial charge in [-0.15, -0.1) is 24.8 Å². The number of benzene rings is 1. The Balaban J connectivity index is 0.00000338. The number of hydrogen-bond acceptors (Lipinski definition) is 4. The maximum Gasteiger partial charge on any atom is 0.124 e. The first-order valence-electron chi connectivity index (χ1n) is 9.25. The number of phenolic OH excluding ortho intramolecular Hbond substituents is 1. The molecular formula is C21H35Cl2N3O. The third-order valence-electron chi connectivity index (χ3n) is 5.05. The molecule has 1 aliphatic heterocycles. The lowest BCUT2D eigenvalue weighted by Crippen LogP contribution is -2.45. The molecule has 1 aromatic carbocycles. The minimum atomic E-state index is -0.152. The highest BCUT2D eigenvalue weighted by Crippen LogP contribution is 2.42. The summed E-state index contributed by atoms with van der Waals surface area (Å²) in [4.78, 5) is 2.33. The fourth-order valence-electron chi connectivity index (χ4n) is 3.43. The number of nitriles is 1. The van der Waals surface area contributed by atoms with Crippen LogP contribution in [0.3, 0.4) is 0 Å². The summed E-state index contributed by atoms with van der Waals surface area (Å²) in [5, 5.41) is 23.9. The van der Waals surface area contributed by atoms with Crippen LogP contribution in [-0.2, 0) is 10.8 Å². The predicted molar refractivity (Wildman–Crippen MR) is 117 cm³/mol. The molecule has 0 bridgehead atoms. The van der Waals surface area contributed by atoms with Gasteiger partial charge in [0.15, 0.2) is 0 Å². The molecule has 4 nitrogen and oxygen atoms in total. The second-order valence-electron chi connectivity index (χ2n) is 9.13. The van der Waals surface area contributed by atoms with Gasteiger partial charge in [-0.3, -0.25) is 4.90 Å². The molecule has 0 spiro atoms. The van der Waals surface area contributed by atoms with Crippen LogP contribution in [0, 0.1) is 11.3 Å². The average molecular weight is 416 g/mol. The summed E-state index contributed by atoms with van der Waals surface area (Å²) in [6.45, 7) is 16.6. The minimum absolute atomic E-state index is 0. The molecule has 2 N–H and O–H groups in total. The van der Waals surface area contributed by atoms with Crippen molar-refractivity contribution in [3.05, 3.63) is 28.8 Å². The van der Waals surface area contributed by atoms with Crippen LogP contribution in [0.25, 0.3) is 0 Å². The van der Waals surface area contributed by atoms with E-state index in [2.05, 4.69) is 70.0 Å². The summed E-state index contributed by atoms with van der Waals surface area (Å²) in [7, 11) is 0. The van der Waals surface area contributed by atoms with Gasteiger partial charge in [0.05, 0.1) is 18.5 Å². The van der Waals surface area contributed by atoms with E-state index >= 15 is 0 Å². The number of hydrogen-bond donors (Lipinski definition) is 2. The van der Waals surface area contributed by atoms with Crippen LogP contribution < -0.4 is 5.32 Å². The van der Waals surface area contributed by atoms with Crippen molar-refractivity contribution in [1.29, 1.82) is 5.26 Å². The van der Waals surface area contributed by atoms with Gasteiger partial charge in [0, 0.05) is 31.7 Å². The van der Waals surface area contributed by atoms with Gasteiger partial charge >= 0.3 is 0 Å². The number of nitrogens with zero attached hydrogens (tertiary/aromatic N) is 2. The molecule has 0 amide bonds. The summed E-state index contributed by atoms with van der Waals surface area (Å²) in [5.41, 5.74) is 2.92. The Hall–Kier alpha value is -0.990. The Morgan fingerprint density at radius 2 is 1.63 bits per heavy atom. The highest BCUT2D eigenvalue weighted by Gasteiger charge is 2.30. The van der Waals surface area contributed by atoms with Crippen molar-refractivity contribution < 1.29 is 5.11 Å². The summed E-state index contributed by atoms with van der Waals surface area (Å²) in [6.07, 6.45) is 0.394. The van der Waals surface area contributed by atoms with E-state index in [1.165, 1.54) is 5.56 Å². The molecule has 0 saturated carbocycles. The molecule has 1 aromatic rings. The minimum Gasteiger partial charge on any atom is -0.507 e. The van der Waals surface area contributed by atoms with E-state index in [9.17, 15) is 10.4 Å². The second-order valence-corrected chi connectivity index (χ2v) is 9.13. The number of piperazine rings is 1. The van der Waals surface area contributed by atoms with Gasteiger partial charge < -0.3 is 10.4 Å². The van der Waals surface area contributed by atoms with Crippen molar-refractivity contribution in [3.63, 3.8) is 0 Å². The van der Waals surface area contributed by atoms with E-state index in [1.807, 2.05) is 0 Å². The maximum absolute atomic E-state index is 11.1. The average Bonchev–Trinajstić information content (AvgIpc) is 2.52. The molecule has 27 heavy (non-hydrogen) atoms. The molecule has 1 saturated heterocycles. The van der Waals surface area contributed by atoms with Crippen LogP contribution in [0.4, 0.5) is 0 Å². The van der Waals surface area contributed by atoms with E-state index in [0.717, 1.165) is 37.3 Å². The largest absolute Gasteiger partial charge is 0.507 e. The number of halogens is 2. The quantitative estimate of drug-likeness (QED) is 0.751. The van der Waals surface area contributed by atoms with Crippen molar-refractivity contribution in [3.8, 4) is 11.8 Å². The molecule has 1 fully saturated rings. The van der Waals surface area contributed by atoms with Crippen molar-refractivity contribution >= 4 is 24.8 Å². The van der Waals surface area contributed by atoms with Gasteiger partial charge in [0.25, 0.3) is 0 Å². The lowest BCUT2D eigenvalue weighted by molar-refractivity contribution is 0.172. The lowest BCUT2D eigenvalue weighted by Gasteiger charge is -2.36. The second kappa shape index (κ2) is 9.98. The van der Waals surface area contributed by atoms with E-state index in [1.54, 1.807) is 0 Å². The van der Waals surface area contributed by atoms with Crippen LogP contribution >= 0.6 is 24.8 Å². The van der Waals surface area contributed by atoms with Gasteiger partial charge in [-0.1, -0.05) is 47.6 Å². The smallest absolute Gasteiger partial charge is 0.124 e. The highest BCUT2D eigenvalue weighted by atomic mass is 35.5. The van der Waals surface area contributed by atoms with Crippen molar-refractivity contribution in [2.75, 3.05) is 26.2 Å². The lowest BCUT2D eigenvalue weighted by atomic mass is 9.77. The molecule has 0 aliphatic carbocycles. The van der Waals surface area contributed by atoms with Crippen molar-refractivity contribution in [2.24, 2.45) is 0 Å². The Bertz CT molecular complexity index is 651. The first-order valence-corrected chi connectivity index (χ1v) is 9.25. The maximum atomic E-state index is 11.1. The van der Waals surface area contributed by atoms with Crippen molar-refractivity contribution in [2.45, 2.75) is 64.8 Å². The summed E-state index contributed by atoms with van der Waals surface area (Å²) >= 11 is 0. The summed E-state index contributed by atoms with van der Waals surface area (Å²) in [6, 6.07) is 6.53. The van der Waals surface area contributed by atoms with E-state index < -0.39 is 0 Å². The number of rotatable bonds is 3. The molecule has 1 aliphatic rings. The summed E-state index contributed by atoms with van der Waals surface area (Å²) < 4.78 is 0. The van der Waals surface area contributed by atoms with Gasteiger partial charge in [0.1, 0.15) is 5.75 Å². The Morgan fingerprint density at radius 3 is 2.07 bits per heavy atom. The highest BCUT2D eigenvalue weighted by molar-refractivity contribution is 5.85. The zero-order valence-electron chi connectivity index (χ0n) is 17.4. The molecule has 154 valence electrons. The summed E-state index contributed by atoms with van der Waals surface area (Å²) in [5.74, 6) is 0.360. The Kier molecular flexibility index (Phi) is 9.61. The molecule has 1 heterocycles. The van der Waals surface area contributed by atoms with E-state index in [-0.39, 0.29) is 41.7 Å². The number of phenols is 1. The van der Waals surface area contributed by atoms with Crippen LogP contribution in [0.1, 0.15) is 70.7 Å². The predicted octanol–water partition coefficient (Wildman–Crippen LogP) is 4.69. The molecular weight excluding hydrogens is 381 g/mol. The van der Waals surface area contributed by atoms with E-state index in [4.69, 9.17) is 0 Å². The standard InChI is InChI=1S/C21H33N3O.2ClH/c1-20(2,3)15-13-16(19(25)17(14-15)21(4,5)6)18(7-8-22)24-11-9-23-10-12-24;;/h13-14,18,23,25H,7,9-12H2,1-6H3;2*1H/t18-;;/m0../s1. The fourth-order valence-corrected chi connectivity index (χ4v) is 3.43. The number of nitrogens with one attached hydrogen (secondary N) is 1. The van der Waals surface area contributed by atoms with Crippen LogP contribution in [0.5, 0.6) is 5.75 Å². The number of aromatic hydroxyl groups is 1. The van der Waals surface area contributed by atoms with Gasteiger partial charge in [-0.25, -0.2) is 0 Å². The van der Waals surface area contributed by atoms with Crippen molar-refractivity contribution in [1.82, 2.24) is 10.2 Å². The fraction of sp³-hybridized carbons (Fsp3) is 0.667. The van der Waals surface area contributed by atoms with Gasteiger partial charge in [-0.2, -0.15) is 5.26 Å². The topological polar surface area (TPSA) is 59.3 Å². The third kappa shape index (κ3) is 6.26.